The molecule has 0 aliphatic carbocycles. The lowest BCUT2D eigenvalue weighted by Gasteiger charge is -2.06. The van der Waals surface area contributed by atoms with Crippen LogP contribution in [0.4, 0.5) is 0 Å². The highest BCUT2D eigenvalue weighted by molar-refractivity contribution is 7.90. The summed E-state index contributed by atoms with van der Waals surface area (Å²) in [6.45, 7) is -0.166. The fourth-order valence-electron chi connectivity index (χ4n) is 1.54. The monoisotopic (exact) mass is 252 g/mol. The molecule has 0 radical (unpaired) electrons. The molecule has 17 heavy (non-hydrogen) atoms. The maximum Gasteiger partial charge on any atom is 0.175 e. The zero-order valence-electron chi connectivity index (χ0n) is 9.24. The van der Waals surface area contributed by atoms with Gasteiger partial charge in [-0.2, -0.15) is 0 Å². The highest BCUT2D eigenvalue weighted by Gasteiger charge is 2.08. The first-order valence-corrected chi connectivity index (χ1v) is 6.85. The molecular formula is C11H12N2O3S. The lowest BCUT2D eigenvalue weighted by Crippen LogP contribution is -2.01. The summed E-state index contributed by atoms with van der Waals surface area (Å²) in [5.74, 6) is 0.511. The molecule has 0 saturated heterocycles. The Morgan fingerprint density at radius 2 is 1.94 bits per heavy atom. The first-order valence-electron chi connectivity index (χ1n) is 4.96. The van der Waals surface area contributed by atoms with Gasteiger partial charge in [0.1, 0.15) is 12.4 Å². The van der Waals surface area contributed by atoms with Crippen molar-refractivity contribution in [1.29, 1.82) is 0 Å². The minimum absolute atomic E-state index is 0.166. The van der Waals surface area contributed by atoms with Crippen LogP contribution in [0.1, 0.15) is 5.82 Å². The zero-order chi connectivity index (χ0) is 12.5. The minimum Gasteiger partial charge on any atom is -0.388 e. The van der Waals surface area contributed by atoms with Gasteiger partial charge in [-0.1, -0.05) is 0 Å². The molecule has 6 heteroatoms. The summed E-state index contributed by atoms with van der Waals surface area (Å²) >= 11 is 0. The third kappa shape index (κ3) is 2.37. The molecule has 2 rings (SSSR count). The molecule has 1 heterocycles. The topological polar surface area (TPSA) is 72.2 Å². The van der Waals surface area contributed by atoms with Gasteiger partial charge in [-0.25, -0.2) is 13.4 Å². The van der Waals surface area contributed by atoms with E-state index in [0.717, 1.165) is 5.69 Å². The first-order chi connectivity index (χ1) is 8.02. The van der Waals surface area contributed by atoms with Gasteiger partial charge < -0.3 is 9.67 Å². The predicted octanol–water partition coefficient (Wildman–Crippen LogP) is 0.768. The summed E-state index contributed by atoms with van der Waals surface area (Å²) in [6, 6.07) is 6.42. The molecule has 1 aromatic heterocycles. The number of hydrogen-bond acceptors (Lipinski definition) is 4. The quantitative estimate of drug-likeness (QED) is 0.875. The van der Waals surface area contributed by atoms with Gasteiger partial charge >= 0.3 is 0 Å². The summed E-state index contributed by atoms with van der Waals surface area (Å²) < 4.78 is 24.3. The SMILES string of the molecule is CS(=O)(=O)c1ccc(-n2ccnc2CO)cc1. The Morgan fingerprint density at radius 3 is 2.47 bits per heavy atom. The second-order valence-corrected chi connectivity index (χ2v) is 5.65. The molecule has 0 atom stereocenters. The molecule has 90 valence electrons. The summed E-state index contributed by atoms with van der Waals surface area (Å²) in [7, 11) is -3.18. The molecule has 0 unspecified atom stereocenters. The molecule has 0 aliphatic heterocycles. The van der Waals surface area contributed by atoms with Crippen molar-refractivity contribution in [3.05, 3.63) is 42.5 Å². The summed E-state index contributed by atoms with van der Waals surface area (Å²) in [5.41, 5.74) is 0.763. The van der Waals surface area contributed by atoms with Crippen molar-refractivity contribution in [3.8, 4) is 5.69 Å². The molecule has 0 amide bonds. The smallest absolute Gasteiger partial charge is 0.175 e. The summed E-state index contributed by atoms with van der Waals surface area (Å²) in [5, 5.41) is 9.07. The molecule has 0 saturated carbocycles. The van der Waals surface area contributed by atoms with Gasteiger partial charge in [0.05, 0.1) is 4.90 Å². The van der Waals surface area contributed by atoms with Gasteiger partial charge in [-0.15, -0.1) is 0 Å². The average molecular weight is 252 g/mol. The standard InChI is InChI=1S/C11H12N2O3S/c1-17(15,16)10-4-2-9(3-5-10)13-7-6-12-11(13)8-14/h2-7,14H,8H2,1H3. The molecule has 0 spiro atoms. The van der Waals surface area contributed by atoms with E-state index < -0.39 is 9.84 Å². The van der Waals surface area contributed by atoms with Gasteiger partial charge in [-0.3, -0.25) is 0 Å². The highest BCUT2D eigenvalue weighted by atomic mass is 32.2. The number of sulfone groups is 1. The Labute approximate surface area is 99.3 Å². The second kappa shape index (κ2) is 4.31. The van der Waals surface area contributed by atoms with Crippen molar-refractivity contribution in [1.82, 2.24) is 9.55 Å². The van der Waals surface area contributed by atoms with Crippen LogP contribution in [0.15, 0.2) is 41.6 Å². The lowest BCUT2D eigenvalue weighted by molar-refractivity contribution is 0.269. The van der Waals surface area contributed by atoms with Crippen LogP contribution in [0.5, 0.6) is 0 Å². The van der Waals surface area contributed by atoms with Crippen LogP contribution in [-0.4, -0.2) is 29.3 Å². The van der Waals surface area contributed by atoms with E-state index in [1.54, 1.807) is 29.1 Å². The van der Waals surface area contributed by atoms with Crippen LogP contribution < -0.4 is 0 Å². The first kappa shape index (κ1) is 11.8. The Bertz CT molecular complexity index is 614. The maximum absolute atomic E-state index is 11.3. The second-order valence-electron chi connectivity index (χ2n) is 3.64. The van der Waals surface area contributed by atoms with Gasteiger partial charge in [0.25, 0.3) is 0 Å². The van der Waals surface area contributed by atoms with Crippen LogP contribution in [0.2, 0.25) is 0 Å². The molecule has 1 aromatic carbocycles. The molecule has 2 aromatic rings. The number of aromatic nitrogens is 2. The number of imidazole rings is 1. The number of rotatable bonds is 3. The van der Waals surface area contributed by atoms with Gasteiger partial charge in [0, 0.05) is 24.3 Å². The minimum atomic E-state index is -3.18. The van der Waals surface area contributed by atoms with Crippen LogP contribution in [0.25, 0.3) is 5.69 Å². The molecule has 0 aliphatic rings. The number of aliphatic hydroxyl groups is 1. The number of nitrogens with zero attached hydrogens (tertiary/aromatic N) is 2. The molecule has 1 N–H and O–H groups in total. The fraction of sp³-hybridized carbons (Fsp3) is 0.182. The molecule has 0 bridgehead atoms. The Kier molecular flexibility index (Phi) is 2.99. The molecule has 5 nitrogen and oxygen atoms in total. The Balaban J connectivity index is 2.43. The molecule has 0 fully saturated rings. The van der Waals surface area contributed by atoms with E-state index in [0.29, 0.717) is 5.82 Å². The average Bonchev–Trinajstić information content (AvgIpc) is 2.76. The van der Waals surface area contributed by atoms with E-state index >= 15 is 0 Å². The summed E-state index contributed by atoms with van der Waals surface area (Å²) in [4.78, 5) is 4.25. The lowest BCUT2D eigenvalue weighted by atomic mass is 10.3. The van der Waals surface area contributed by atoms with Gasteiger partial charge in [0.2, 0.25) is 0 Å². The number of hydrogen-bond donors (Lipinski definition) is 1. The largest absolute Gasteiger partial charge is 0.388 e. The van der Waals surface area contributed by atoms with E-state index in [4.69, 9.17) is 5.11 Å². The Morgan fingerprint density at radius 1 is 1.29 bits per heavy atom. The normalized spacial score (nSPS) is 11.6. The number of aliphatic hydroxyl groups excluding tert-OH is 1. The van der Waals surface area contributed by atoms with E-state index in [1.165, 1.54) is 18.4 Å². The zero-order valence-corrected chi connectivity index (χ0v) is 10.1. The fourth-order valence-corrected chi connectivity index (χ4v) is 2.17. The van der Waals surface area contributed by atoms with Crippen LogP contribution in [-0.2, 0) is 16.4 Å². The number of benzene rings is 1. The predicted molar refractivity (Wildman–Crippen MR) is 62.6 cm³/mol. The van der Waals surface area contributed by atoms with Crippen molar-refractivity contribution in [2.45, 2.75) is 11.5 Å². The maximum atomic E-state index is 11.3. The van der Waals surface area contributed by atoms with Gasteiger partial charge in [-0.05, 0) is 24.3 Å². The Hall–Kier alpha value is -1.66. The van der Waals surface area contributed by atoms with E-state index in [-0.39, 0.29) is 11.5 Å². The van der Waals surface area contributed by atoms with Crippen molar-refractivity contribution in [2.24, 2.45) is 0 Å². The van der Waals surface area contributed by atoms with E-state index in [2.05, 4.69) is 4.98 Å². The molecular weight excluding hydrogens is 240 g/mol. The third-order valence-electron chi connectivity index (χ3n) is 2.40. The van der Waals surface area contributed by atoms with Crippen molar-refractivity contribution < 1.29 is 13.5 Å². The van der Waals surface area contributed by atoms with Crippen molar-refractivity contribution in [2.75, 3.05) is 6.26 Å². The highest BCUT2D eigenvalue weighted by Crippen LogP contribution is 2.15. The van der Waals surface area contributed by atoms with Crippen molar-refractivity contribution in [3.63, 3.8) is 0 Å². The van der Waals surface area contributed by atoms with E-state index in [1.807, 2.05) is 0 Å². The van der Waals surface area contributed by atoms with Crippen LogP contribution in [0, 0.1) is 0 Å². The van der Waals surface area contributed by atoms with Crippen LogP contribution in [0.3, 0.4) is 0 Å². The van der Waals surface area contributed by atoms with Crippen LogP contribution >= 0.6 is 0 Å². The third-order valence-corrected chi connectivity index (χ3v) is 3.53. The van der Waals surface area contributed by atoms with E-state index in [9.17, 15) is 8.42 Å². The van der Waals surface area contributed by atoms with Crippen molar-refractivity contribution >= 4 is 9.84 Å². The van der Waals surface area contributed by atoms with Gasteiger partial charge in [0.15, 0.2) is 9.84 Å². The summed E-state index contributed by atoms with van der Waals surface area (Å²) in [6.07, 6.45) is 4.45.